The van der Waals surface area contributed by atoms with Crippen molar-refractivity contribution in [2.24, 2.45) is 23.7 Å². The second-order valence-corrected chi connectivity index (χ2v) is 8.01. The summed E-state index contributed by atoms with van der Waals surface area (Å²) in [6.45, 7) is 7.73. The first-order valence-electron chi connectivity index (χ1n) is 10.4. The van der Waals surface area contributed by atoms with Crippen molar-refractivity contribution in [2.45, 2.75) is 104 Å². The van der Waals surface area contributed by atoms with E-state index in [4.69, 9.17) is 4.74 Å². The second kappa shape index (κ2) is 9.96. The molecule has 130 valence electrons. The van der Waals surface area contributed by atoms with Gasteiger partial charge in [-0.2, -0.15) is 0 Å². The molecular weight excluding hydrogens is 268 g/mol. The highest BCUT2D eigenvalue weighted by molar-refractivity contribution is 4.86. The van der Waals surface area contributed by atoms with E-state index in [-0.39, 0.29) is 0 Å². The maximum atomic E-state index is 5.99. The summed E-state index contributed by atoms with van der Waals surface area (Å²) in [5.41, 5.74) is 0. The van der Waals surface area contributed by atoms with Gasteiger partial charge in [0.05, 0.1) is 6.10 Å². The molecule has 2 aliphatic rings. The lowest BCUT2D eigenvalue weighted by Crippen LogP contribution is -2.35. The van der Waals surface area contributed by atoms with Crippen LogP contribution in [-0.2, 0) is 4.74 Å². The van der Waals surface area contributed by atoms with Crippen LogP contribution in [0.3, 0.4) is 0 Å². The van der Waals surface area contributed by atoms with Gasteiger partial charge < -0.3 is 4.74 Å². The number of rotatable bonds is 8. The highest BCUT2D eigenvalue weighted by Gasteiger charge is 2.35. The fraction of sp³-hybridized carbons (Fsp3) is 1.00. The Hall–Kier alpha value is -0.0400. The van der Waals surface area contributed by atoms with Gasteiger partial charge in [0.1, 0.15) is 0 Å². The van der Waals surface area contributed by atoms with Gasteiger partial charge in [-0.15, -0.1) is 0 Å². The van der Waals surface area contributed by atoms with E-state index >= 15 is 0 Å². The maximum absolute atomic E-state index is 5.99. The van der Waals surface area contributed by atoms with Crippen molar-refractivity contribution in [3.8, 4) is 0 Å². The molecule has 0 N–H and O–H groups in total. The largest absolute Gasteiger partial charge is 0.378 e. The van der Waals surface area contributed by atoms with Crippen molar-refractivity contribution in [3.63, 3.8) is 0 Å². The lowest BCUT2D eigenvalue weighted by Gasteiger charge is -2.41. The van der Waals surface area contributed by atoms with Crippen molar-refractivity contribution in [3.05, 3.63) is 0 Å². The van der Waals surface area contributed by atoms with Gasteiger partial charge >= 0.3 is 0 Å². The van der Waals surface area contributed by atoms with Crippen LogP contribution >= 0.6 is 0 Å². The van der Waals surface area contributed by atoms with Gasteiger partial charge in [-0.05, 0) is 62.7 Å². The summed E-state index contributed by atoms with van der Waals surface area (Å²) >= 11 is 0. The van der Waals surface area contributed by atoms with Crippen LogP contribution < -0.4 is 0 Å². The predicted octanol–water partition coefficient (Wildman–Crippen LogP) is 6.60. The highest BCUT2D eigenvalue weighted by atomic mass is 16.5. The molecular formula is C21H40O. The molecule has 1 heteroatoms. The normalized spacial score (nSPS) is 36.4. The van der Waals surface area contributed by atoms with Gasteiger partial charge in [0.2, 0.25) is 0 Å². The molecule has 0 amide bonds. The number of ether oxygens (including phenoxy) is 1. The molecule has 22 heavy (non-hydrogen) atoms. The average Bonchev–Trinajstić information content (AvgIpc) is 2.56. The Morgan fingerprint density at radius 1 is 0.818 bits per heavy atom. The van der Waals surface area contributed by atoms with Crippen molar-refractivity contribution in [1.29, 1.82) is 0 Å². The molecule has 3 atom stereocenters. The van der Waals surface area contributed by atoms with E-state index in [1.165, 1.54) is 77.0 Å². The molecule has 2 rings (SSSR count). The standard InChI is InChI=1S/C21H40O/c1-4-7-8-9-17-10-12-19(13-11-17)20-14-15-21(22-6-3)18(5-2)16-20/h17-21H,4-16H2,1-3H3. The SMILES string of the molecule is CCCCCC1CCC(C2CCC(OCC)C(CC)C2)CC1. The van der Waals surface area contributed by atoms with Gasteiger partial charge in [0.25, 0.3) is 0 Å². The van der Waals surface area contributed by atoms with Crippen LogP contribution in [-0.4, -0.2) is 12.7 Å². The molecule has 0 aromatic carbocycles. The van der Waals surface area contributed by atoms with Crippen LogP contribution in [0.5, 0.6) is 0 Å². The predicted molar refractivity (Wildman–Crippen MR) is 96.1 cm³/mol. The lowest BCUT2D eigenvalue weighted by molar-refractivity contribution is -0.0296. The Bertz CT molecular complexity index is 280. The fourth-order valence-corrected chi connectivity index (χ4v) is 5.20. The Labute approximate surface area is 139 Å². The number of unbranched alkanes of at least 4 members (excludes halogenated alkanes) is 2. The van der Waals surface area contributed by atoms with Crippen molar-refractivity contribution >= 4 is 0 Å². The summed E-state index contributed by atoms with van der Waals surface area (Å²) in [7, 11) is 0. The highest BCUT2D eigenvalue weighted by Crippen LogP contribution is 2.43. The molecule has 2 fully saturated rings. The second-order valence-electron chi connectivity index (χ2n) is 8.01. The maximum Gasteiger partial charge on any atom is 0.0603 e. The third-order valence-electron chi connectivity index (χ3n) is 6.63. The molecule has 0 spiro atoms. The molecule has 0 heterocycles. The Kier molecular flexibility index (Phi) is 8.28. The Morgan fingerprint density at radius 3 is 2.18 bits per heavy atom. The van der Waals surface area contributed by atoms with Crippen molar-refractivity contribution in [2.75, 3.05) is 6.61 Å². The lowest BCUT2D eigenvalue weighted by atomic mass is 9.67. The van der Waals surface area contributed by atoms with Gasteiger partial charge in [-0.3, -0.25) is 0 Å². The minimum Gasteiger partial charge on any atom is -0.378 e. The van der Waals surface area contributed by atoms with Crippen LogP contribution in [0.15, 0.2) is 0 Å². The first kappa shape index (κ1) is 18.3. The van der Waals surface area contributed by atoms with Crippen LogP contribution in [0.4, 0.5) is 0 Å². The zero-order chi connectivity index (χ0) is 15.8. The van der Waals surface area contributed by atoms with E-state index in [2.05, 4.69) is 20.8 Å². The van der Waals surface area contributed by atoms with Gasteiger partial charge in [0.15, 0.2) is 0 Å². The van der Waals surface area contributed by atoms with E-state index in [0.717, 1.165) is 30.3 Å². The molecule has 3 unspecified atom stereocenters. The first-order valence-corrected chi connectivity index (χ1v) is 10.4. The summed E-state index contributed by atoms with van der Waals surface area (Å²) in [6.07, 6.45) is 18.0. The van der Waals surface area contributed by atoms with Gasteiger partial charge in [-0.1, -0.05) is 58.8 Å². The smallest absolute Gasteiger partial charge is 0.0603 e. The van der Waals surface area contributed by atoms with E-state index in [1.807, 2.05) is 0 Å². The number of hydrogen-bond acceptors (Lipinski definition) is 1. The zero-order valence-electron chi connectivity index (χ0n) is 15.5. The molecule has 0 aromatic rings. The molecule has 0 radical (unpaired) electrons. The molecule has 0 aliphatic heterocycles. The Balaban J connectivity index is 1.72. The molecule has 0 bridgehead atoms. The van der Waals surface area contributed by atoms with Crippen LogP contribution in [0.25, 0.3) is 0 Å². The monoisotopic (exact) mass is 308 g/mol. The molecule has 2 saturated carbocycles. The molecule has 0 saturated heterocycles. The van der Waals surface area contributed by atoms with Crippen LogP contribution in [0.1, 0.15) is 97.8 Å². The summed E-state index contributed by atoms with van der Waals surface area (Å²) < 4.78 is 5.99. The van der Waals surface area contributed by atoms with Gasteiger partial charge in [-0.25, -0.2) is 0 Å². The third-order valence-corrected chi connectivity index (χ3v) is 6.63. The average molecular weight is 309 g/mol. The topological polar surface area (TPSA) is 9.23 Å². The van der Waals surface area contributed by atoms with E-state index < -0.39 is 0 Å². The molecule has 2 aliphatic carbocycles. The summed E-state index contributed by atoms with van der Waals surface area (Å²) in [4.78, 5) is 0. The first-order chi connectivity index (χ1) is 10.8. The summed E-state index contributed by atoms with van der Waals surface area (Å²) in [5, 5.41) is 0. The van der Waals surface area contributed by atoms with Crippen molar-refractivity contribution < 1.29 is 4.74 Å². The fourth-order valence-electron chi connectivity index (χ4n) is 5.20. The van der Waals surface area contributed by atoms with Crippen LogP contribution in [0, 0.1) is 23.7 Å². The molecule has 1 nitrogen and oxygen atoms in total. The minimum atomic E-state index is 0.566. The Morgan fingerprint density at radius 2 is 1.55 bits per heavy atom. The summed E-state index contributed by atoms with van der Waals surface area (Å²) in [6, 6.07) is 0. The number of hydrogen-bond donors (Lipinski definition) is 0. The van der Waals surface area contributed by atoms with Gasteiger partial charge in [0, 0.05) is 6.61 Å². The van der Waals surface area contributed by atoms with Crippen molar-refractivity contribution in [1.82, 2.24) is 0 Å². The van der Waals surface area contributed by atoms with E-state index in [1.54, 1.807) is 0 Å². The summed E-state index contributed by atoms with van der Waals surface area (Å²) in [5.74, 6) is 3.95. The zero-order valence-corrected chi connectivity index (χ0v) is 15.5. The van der Waals surface area contributed by atoms with E-state index in [9.17, 15) is 0 Å². The quantitative estimate of drug-likeness (QED) is 0.459. The minimum absolute atomic E-state index is 0.566. The molecule has 0 aromatic heterocycles. The van der Waals surface area contributed by atoms with E-state index in [0.29, 0.717) is 6.10 Å². The van der Waals surface area contributed by atoms with Crippen LogP contribution in [0.2, 0.25) is 0 Å². The third kappa shape index (κ3) is 5.25.